The van der Waals surface area contributed by atoms with Crippen molar-refractivity contribution in [3.8, 4) is 0 Å². The predicted octanol–water partition coefficient (Wildman–Crippen LogP) is 3.01. The molecule has 0 unspecified atom stereocenters. The van der Waals surface area contributed by atoms with Crippen molar-refractivity contribution in [2.45, 2.75) is 13.8 Å². The van der Waals surface area contributed by atoms with Crippen LogP contribution in [0, 0.1) is 24.3 Å². The smallest absolute Gasteiger partial charge is 0 e. The van der Waals surface area contributed by atoms with Crippen LogP contribution >= 0.6 is 0 Å². The number of allylic oxidation sites excluding steroid dienone is 10. The van der Waals surface area contributed by atoms with Gasteiger partial charge < -0.3 is 48.6 Å². The summed E-state index contributed by atoms with van der Waals surface area (Å²) in [5.41, 5.74) is 0. The molecule has 2 heteroatoms. The van der Waals surface area contributed by atoms with Gasteiger partial charge in [0.05, 0.1) is 0 Å². The largest absolute Gasteiger partial charge is 0.352 e. The molecule has 0 N–H and O–H groups in total. The van der Waals surface area contributed by atoms with Gasteiger partial charge in [-0.3, -0.25) is 12.2 Å². The van der Waals surface area contributed by atoms with E-state index >= 15 is 0 Å². The summed E-state index contributed by atoms with van der Waals surface area (Å²) in [4.78, 5) is 0. The summed E-state index contributed by atoms with van der Waals surface area (Å²) in [5.74, 6) is 0. The Labute approximate surface area is 138 Å². The fourth-order valence-corrected chi connectivity index (χ4v) is 0.470. The van der Waals surface area contributed by atoms with Crippen LogP contribution in [-0.2, 0) is 65.4 Å². The zero-order valence-corrected chi connectivity index (χ0v) is 14.3. The van der Waals surface area contributed by atoms with E-state index in [4.69, 9.17) is 0 Å². The van der Waals surface area contributed by atoms with E-state index in [1.54, 1.807) is 36.5 Å². The van der Waals surface area contributed by atoms with Gasteiger partial charge in [0.25, 0.3) is 0 Å². The van der Waals surface area contributed by atoms with Gasteiger partial charge in [-0.15, -0.1) is 13.8 Å². The second kappa shape index (κ2) is 19.5. The minimum absolute atomic E-state index is 0. The van der Waals surface area contributed by atoms with Crippen LogP contribution in [0.1, 0.15) is 13.8 Å². The van der Waals surface area contributed by atoms with Crippen molar-refractivity contribution in [3.63, 3.8) is 0 Å². The average Bonchev–Trinajstić information content (AvgIpc) is 2.10. The van der Waals surface area contributed by atoms with Crippen molar-refractivity contribution >= 4 is 0 Å². The van der Waals surface area contributed by atoms with Crippen LogP contribution in [0.4, 0.5) is 0 Å². The van der Waals surface area contributed by atoms with E-state index in [1.165, 1.54) is 0 Å². The van der Waals surface area contributed by atoms with Gasteiger partial charge in [0, 0.05) is 65.4 Å². The van der Waals surface area contributed by atoms with Crippen LogP contribution in [0.25, 0.3) is 0 Å². The third-order valence-corrected chi connectivity index (χ3v) is 0.968. The summed E-state index contributed by atoms with van der Waals surface area (Å²) < 4.78 is 0. The van der Waals surface area contributed by atoms with Crippen molar-refractivity contribution in [1.82, 2.24) is 0 Å². The van der Waals surface area contributed by atoms with Gasteiger partial charge in [0.2, 0.25) is 0 Å². The Morgan fingerprint density at radius 3 is 1.29 bits per heavy atom. The molecular formula is C12H12Y2-4. The molecule has 0 aromatic carbocycles. The third-order valence-electron chi connectivity index (χ3n) is 0.968. The van der Waals surface area contributed by atoms with Gasteiger partial charge in [-0.2, -0.15) is 0 Å². The topological polar surface area (TPSA) is 0 Å². The molecule has 0 heterocycles. The Bertz CT molecular complexity index is 196. The molecule has 2 radical (unpaired) electrons. The van der Waals surface area contributed by atoms with E-state index in [9.17, 15) is 0 Å². The van der Waals surface area contributed by atoms with E-state index in [2.05, 4.69) is 24.3 Å². The van der Waals surface area contributed by atoms with Gasteiger partial charge in [-0.05, 0) is 0 Å². The first kappa shape index (κ1) is 20.3. The minimum Gasteiger partial charge on any atom is -0.352 e. The van der Waals surface area contributed by atoms with Crippen molar-refractivity contribution < 1.29 is 65.4 Å². The van der Waals surface area contributed by atoms with Gasteiger partial charge in [0.1, 0.15) is 0 Å². The molecule has 0 aliphatic carbocycles. The molecule has 0 saturated heterocycles. The molecule has 0 saturated carbocycles. The first-order valence-electron chi connectivity index (χ1n) is 3.73. The maximum Gasteiger partial charge on any atom is 0 e. The molecule has 0 aromatic rings. The van der Waals surface area contributed by atoms with Crippen LogP contribution in [0.3, 0.4) is 0 Å². The van der Waals surface area contributed by atoms with E-state index in [-0.39, 0.29) is 65.4 Å². The third kappa shape index (κ3) is 18.6. The molecule has 0 nitrogen and oxygen atoms in total. The Hall–Kier alpha value is 0.908. The molecule has 0 rings (SSSR count). The summed E-state index contributed by atoms with van der Waals surface area (Å²) in [6.07, 6.45) is 22.3. The molecule has 0 aromatic heterocycles. The van der Waals surface area contributed by atoms with Crippen LogP contribution in [0.5, 0.6) is 0 Å². The van der Waals surface area contributed by atoms with Crippen molar-refractivity contribution in [1.29, 1.82) is 0 Å². The Morgan fingerprint density at radius 2 is 1.00 bits per heavy atom. The predicted molar refractivity (Wildman–Crippen MR) is 51.7 cm³/mol. The summed E-state index contributed by atoms with van der Waals surface area (Å²) in [6.45, 7) is 3.69. The quantitative estimate of drug-likeness (QED) is 0.548. The summed E-state index contributed by atoms with van der Waals surface area (Å²) in [6, 6.07) is 0. The molecular weight excluding hydrogens is 322 g/mol. The molecule has 0 fully saturated rings. The second-order valence-corrected chi connectivity index (χ2v) is 1.91. The summed E-state index contributed by atoms with van der Waals surface area (Å²) in [5, 5.41) is 0. The maximum atomic E-state index is 2.92. The van der Waals surface area contributed by atoms with Gasteiger partial charge in [0.15, 0.2) is 0 Å². The first-order valence-corrected chi connectivity index (χ1v) is 3.73. The molecule has 0 atom stereocenters. The molecule has 0 bridgehead atoms. The van der Waals surface area contributed by atoms with E-state index in [1.807, 2.05) is 13.8 Å². The summed E-state index contributed by atoms with van der Waals surface area (Å²) in [7, 11) is 0. The van der Waals surface area contributed by atoms with E-state index in [0.717, 1.165) is 0 Å². The van der Waals surface area contributed by atoms with Crippen LogP contribution in [-0.4, -0.2) is 0 Å². The first-order chi connectivity index (χ1) is 5.91. The van der Waals surface area contributed by atoms with E-state index in [0.29, 0.717) is 0 Å². The normalized spacial score (nSPS) is 11.9. The number of hydrogen-bond acceptors (Lipinski definition) is 0. The molecule has 0 aliphatic heterocycles. The molecule has 14 heavy (non-hydrogen) atoms. The van der Waals surface area contributed by atoms with Crippen LogP contribution in [0.2, 0.25) is 0 Å². The van der Waals surface area contributed by atoms with Crippen molar-refractivity contribution in [2.75, 3.05) is 0 Å². The second-order valence-electron chi connectivity index (χ2n) is 1.91. The Morgan fingerprint density at radius 1 is 0.643 bits per heavy atom. The fraction of sp³-hybridized carbons (Fsp3) is 0.167. The zero-order chi connectivity index (χ0) is 9.07. The Balaban J connectivity index is -0.000000605. The van der Waals surface area contributed by atoms with Crippen molar-refractivity contribution in [3.05, 3.63) is 60.8 Å². The maximum absolute atomic E-state index is 2.92. The van der Waals surface area contributed by atoms with Gasteiger partial charge in [-0.1, -0.05) is 0 Å². The fourth-order valence-electron chi connectivity index (χ4n) is 0.470. The average molecular weight is 334 g/mol. The van der Waals surface area contributed by atoms with Gasteiger partial charge >= 0.3 is 0 Å². The number of hydrogen-bond donors (Lipinski definition) is 0. The van der Waals surface area contributed by atoms with Gasteiger partial charge in [-0.25, -0.2) is 0 Å². The summed E-state index contributed by atoms with van der Waals surface area (Å²) >= 11 is 0. The zero-order valence-electron chi connectivity index (χ0n) is 8.62. The number of rotatable bonds is 4. The molecule has 0 spiro atoms. The SMILES string of the molecule is C[C-]=CC=[C-]/C=C/[C-]=CC=[C-]C.[Y].[Y]. The van der Waals surface area contributed by atoms with Crippen molar-refractivity contribution in [2.24, 2.45) is 0 Å². The molecule has 0 amide bonds. The minimum atomic E-state index is 0. The monoisotopic (exact) mass is 334 g/mol. The Kier molecular flexibility index (Phi) is 28.3. The molecule has 0 aliphatic rings. The van der Waals surface area contributed by atoms with E-state index < -0.39 is 0 Å². The van der Waals surface area contributed by atoms with Crippen LogP contribution in [0.15, 0.2) is 36.5 Å². The molecule has 70 valence electrons. The van der Waals surface area contributed by atoms with Crippen LogP contribution < -0.4 is 0 Å². The standard InChI is InChI=1S/C12H12.2Y/c1-3-5-7-9-11-12-10-8-6-4-2;;/h5-8,11-12H,1-2H3;;/q-4;;/b12-11+;;.